The van der Waals surface area contributed by atoms with Gasteiger partial charge in [-0.2, -0.15) is 0 Å². The van der Waals surface area contributed by atoms with E-state index in [9.17, 15) is 4.79 Å². The summed E-state index contributed by atoms with van der Waals surface area (Å²) in [5.41, 5.74) is 0. The van der Waals surface area contributed by atoms with Gasteiger partial charge in [0.2, 0.25) is 0 Å². The van der Waals surface area contributed by atoms with Crippen molar-refractivity contribution >= 4 is 18.5 Å². The molecule has 0 unspecified atom stereocenters. The van der Waals surface area contributed by atoms with E-state index in [4.69, 9.17) is 4.74 Å². The quantitative estimate of drug-likeness (QED) is 0.446. The van der Waals surface area contributed by atoms with E-state index in [1.54, 1.807) is 6.92 Å². The van der Waals surface area contributed by atoms with Crippen LogP contribution in [0.4, 0.5) is 0 Å². The molecule has 0 aliphatic rings. The molecule has 0 amide bonds. The average molecular weight is 267 g/mol. The van der Waals surface area contributed by atoms with Gasteiger partial charge >= 0.3 is 5.97 Å². The second kappa shape index (κ2) is 6.89. The first kappa shape index (κ1) is 15.2. The molecule has 18 heavy (non-hydrogen) atoms. The predicted molar refractivity (Wildman–Crippen MR) is 80.5 cm³/mol. The molecule has 1 aromatic rings. The maximum atomic E-state index is 11.2. The van der Waals surface area contributed by atoms with Crippen LogP contribution in [0.1, 0.15) is 34.1 Å². The van der Waals surface area contributed by atoms with Crippen molar-refractivity contribution in [1.82, 2.24) is 0 Å². The van der Waals surface area contributed by atoms with Crippen LogP contribution in [-0.2, 0) is 4.79 Å². The lowest BCUT2D eigenvalue weighted by atomic mass is 10.3. The lowest BCUT2D eigenvalue weighted by Crippen LogP contribution is -2.17. The number of carbonyl (C=O) groups excluding carboxylic acids is 1. The zero-order chi connectivity index (χ0) is 13.6. The molecule has 1 aromatic carbocycles. The molecule has 0 radical (unpaired) electrons. The Morgan fingerprint density at radius 1 is 1.00 bits per heavy atom. The van der Waals surface area contributed by atoms with Gasteiger partial charge < -0.3 is 4.74 Å². The van der Waals surface area contributed by atoms with Gasteiger partial charge in [-0.05, 0) is 45.0 Å². The highest BCUT2D eigenvalue weighted by Gasteiger charge is 2.33. The largest absolute Gasteiger partial charge is 0.427 e. The van der Waals surface area contributed by atoms with Gasteiger partial charge in [-0.25, -0.2) is 0 Å². The minimum Gasteiger partial charge on any atom is -0.427 e. The fourth-order valence-corrected chi connectivity index (χ4v) is 5.47. The third-order valence-corrected chi connectivity index (χ3v) is 8.75. The van der Waals surface area contributed by atoms with Crippen LogP contribution >= 0.6 is 7.26 Å². The number of esters is 1. The molecule has 0 bridgehead atoms. The number of benzene rings is 1. The van der Waals surface area contributed by atoms with Gasteiger partial charge in [-0.1, -0.05) is 6.92 Å². The van der Waals surface area contributed by atoms with Crippen molar-refractivity contribution in [2.45, 2.75) is 34.1 Å². The molecule has 0 aliphatic carbocycles. The molecule has 0 N–H and O–H groups in total. The second-order valence-electron chi connectivity index (χ2n) is 4.42. The lowest BCUT2D eigenvalue weighted by Gasteiger charge is -2.23. The molecule has 1 rings (SSSR count). The predicted octanol–water partition coefficient (Wildman–Crippen LogP) is 3.70. The van der Waals surface area contributed by atoms with E-state index in [1.165, 1.54) is 23.8 Å². The molecule has 0 aliphatic heterocycles. The zero-order valence-electron chi connectivity index (χ0n) is 11.9. The summed E-state index contributed by atoms with van der Waals surface area (Å²) in [6, 6.07) is 8.14. The van der Waals surface area contributed by atoms with Crippen LogP contribution < -0.4 is 10.0 Å². The van der Waals surface area contributed by atoms with Crippen molar-refractivity contribution in [2.75, 3.05) is 18.5 Å². The second-order valence-corrected chi connectivity index (χ2v) is 9.12. The van der Waals surface area contributed by atoms with Crippen molar-refractivity contribution in [1.29, 1.82) is 0 Å². The normalized spacial score (nSPS) is 11.3. The van der Waals surface area contributed by atoms with Gasteiger partial charge in [0.25, 0.3) is 0 Å². The van der Waals surface area contributed by atoms with Gasteiger partial charge in [-0.15, -0.1) is 0 Å². The number of ether oxygens (including phenoxy) is 1. The van der Waals surface area contributed by atoms with Crippen LogP contribution in [0.25, 0.3) is 0 Å². The molecule has 0 heterocycles. The highest BCUT2D eigenvalue weighted by Crippen LogP contribution is 2.56. The Kier molecular flexibility index (Phi) is 5.81. The van der Waals surface area contributed by atoms with Gasteiger partial charge in [0, 0.05) is 13.7 Å². The number of hydrogen-bond donors (Lipinski definition) is 0. The Morgan fingerprint density at radius 2 is 1.50 bits per heavy atom. The standard InChI is InChI=1S/C15H24O2P/c1-5-15(16)17-13-9-11-14(12-10-13)18(6-2,7-3)8-4/h9-12H,5-8H2,1-4H3/q+1. The van der Waals surface area contributed by atoms with Crippen molar-refractivity contribution in [3.05, 3.63) is 24.3 Å². The van der Waals surface area contributed by atoms with Crippen LogP contribution in [0.3, 0.4) is 0 Å². The summed E-state index contributed by atoms with van der Waals surface area (Å²) in [7, 11) is -0.993. The minimum atomic E-state index is -0.993. The van der Waals surface area contributed by atoms with Crippen LogP contribution in [0.2, 0.25) is 0 Å². The summed E-state index contributed by atoms with van der Waals surface area (Å²) in [5, 5.41) is 1.45. The number of carbonyl (C=O) groups is 1. The van der Waals surface area contributed by atoms with E-state index in [0.717, 1.165) is 0 Å². The Hall–Kier alpha value is -0.880. The van der Waals surface area contributed by atoms with E-state index >= 15 is 0 Å². The molecule has 100 valence electrons. The molecule has 0 saturated heterocycles. The molecule has 0 saturated carbocycles. The van der Waals surface area contributed by atoms with Gasteiger partial charge in [0.15, 0.2) is 0 Å². The van der Waals surface area contributed by atoms with Crippen molar-refractivity contribution in [2.24, 2.45) is 0 Å². The first-order valence-electron chi connectivity index (χ1n) is 6.79. The van der Waals surface area contributed by atoms with Crippen LogP contribution in [0.15, 0.2) is 24.3 Å². The molecular weight excluding hydrogens is 243 g/mol. The van der Waals surface area contributed by atoms with Crippen LogP contribution in [-0.4, -0.2) is 24.5 Å². The molecule has 2 nitrogen and oxygen atoms in total. The fraction of sp³-hybridized carbons (Fsp3) is 0.533. The average Bonchev–Trinajstić information content (AvgIpc) is 2.43. The Morgan fingerprint density at radius 3 is 1.89 bits per heavy atom. The Bertz CT molecular complexity index is 372. The summed E-state index contributed by atoms with van der Waals surface area (Å²) in [5.74, 6) is 0.484. The smallest absolute Gasteiger partial charge is 0.310 e. The molecular formula is C15H24O2P+. The fourth-order valence-electron chi connectivity index (χ4n) is 2.25. The highest BCUT2D eigenvalue weighted by atomic mass is 31.2. The number of hydrogen-bond acceptors (Lipinski definition) is 2. The third kappa shape index (κ3) is 3.32. The van der Waals surface area contributed by atoms with Crippen LogP contribution in [0.5, 0.6) is 5.75 Å². The van der Waals surface area contributed by atoms with Crippen molar-refractivity contribution in [3.8, 4) is 5.75 Å². The monoisotopic (exact) mass is 267 g/mol. The molecule has 0 atom stereocenters. The molecule has 3 heteroatoms. The summed E-state index contributed by atoms with van der Waals surface area (Å²) >= 11 is 0. The van der Waals surface area contributed by atoms with E-state index < -0.39 is 7.26 Å². The highest BCUT2D eigenvalue weighted by molar-refractivity contribution is 7.82. The summed E-state index contributed by atoms with van der Waals surface area (Å²) < 4.78 is 5.21. The maximum absolute atomic E-state index is 11.2. The Balaban J connectivity index is 2.90. The van der Waals surface area contributed by atoms with E-state index in [1.807, 2.05) is 12.1 Å². The molecule has 0 spiro atoms. The first-order chi connectivity index (χ1) is 8.61. The zero-order valence-corrected chi connectivity index (χ0v) is 12.8. The van der Waals surface area contributed by atoms with Crippen molar-refractivity contribution < 1.29 is 9.53 Å². The lowest BCUT2D eigenvalue weighted by molar-refractivity contribution is -0.134. The number of rotatable bonds is 6. The van der Waals surface area contributed by atoms with E-state index in [0.29, 0.717) is 12.2 Å². The Labute approximate surface area is 111 Å². The first-order valence-corrected chi connectivity index (χ1v) is 9.13. The topological polar surface area (TPSA) is 26.3 Å². The SMILES string of the molecule is CCC(=O)Oc1ccc([P+](CC)(CC)CC)cc1. The van der Waals surface area contributed by atoms with Crippen LogP contribution in [0, 0.1) is 0 Å². The van der Waals surface area contributed by atoms with Gasteiger partial charge in [0.1, 0.15) is 5.75 Å². The van der Waals surface area contributed by atoms with E-state index in [-0.39, 0.29) is 5.97 Å². The van der Waals surface area contributed by atoms with Gasteiger partial charge in [-0.3, -0.25) is 4.79 Å². The molecule has 0 aromatic heterocycles. The molecule has 0 fully saturated rings. The minimum absolute atomic E-state index is 0.176. The van der Waals surface area contributed by atoms with E-state index in [2.05, 4.69) is 32.9 Å². The van der Waals surface area contributed by atoms with Gasteiger partial charge in [0.05, 0.1) is 23.8 Å². The summed E-state index contributed by atoms with van der Waals surface area (Å²) in [6.07, 6.45) is 4.15. The maximum Gasteiger partial charge on any atom is 0.310 e. The summed E-state index contributed by atoms with van der Waals surface area (Å²) in [6.45, 7) is 8.65. The van der Waals surface area contributed by atoms with Crippen molar-refractivity contribution in [3.63, 3.8) is 0 Å². The summed E-state index contributed by atoms with van der Waals surface area (Å²) in [4.78, 5) is 11.2. The third-order valence-electron chi connectivity index (χ3n) is 3.72.